The lowest BCUT2D eigenvalue weighted by atomic mass is 10.1. The van der Waals surface area contributed by atoms with Crippen LogP contribution >= 0.6 is 0 Å². The van der Waals surface area contributed by atoms with E-state index < -0.39 is 0 Å². The van der Waals surface area contributed by atoms with E-state index in [-0.39, 0.29) is 11.3 Å². The Bertz CT molecular complexity index is 898. The van der Waals surface area contributed by atoms with Gasteiger partial charge in [0.1, 0.15) is 11.6 Å². The van der Waals surface area contributed by atoms with Gasteiger partial charge in [-0.15, -0.1) is 0 Å². The fourth-order valence-corrected chi connectivity index (χ4v) is 2.39. The van der Waals surface area contributed by atoms with Crippen LogP contribution in [0, 0.1) is 13.8 Å². The molecule has 0 fully saturated rings. The van der Waals surface area contributed by atoms with Gasteiger partial charge in [0.05, 0.1) is 5.69 Å². The largest absolute Gasteiger partial charge is 0.508 e. The highest BCUT2D eigenvalue weighted by Crippen LogP contribution is 2.25. The highest BCUT2D eigenvalue weighted by Gasteiger charge is 2.09. The summed E-state index contributed by atoms with van der Waals surface area (Å²) in [5.41, 5.74) is 3.88. The summed E-state index contributed by atoms with van der Waals surface area (Å²) in [6.07, 6.45) is 0. The minimum atomic E-state index is -0.200. The lowest BCUT2D eigenvalue weighted by Gasteiger charge is -2.08. The second kappa shape index (κ2) is 5.48. The standard InChI is InChI=1S/C18H16N2O2/c1-11-5-3-4-6-14(11)18-19-15(10-17(22)20-18)13-7-8-16(21)12(2)9-13/h3-10,21H,1-2H3,(H,19,20,22). The third kappa shape index (κ3) is 2.63. The van der Waals surface area contributed by atoms with Crippen molar-refractivity contribution in [3.63, 3.8) is 0 Å². The van der Waals surface area contributed by atoms with Crippen molar-refractivity contribution in [2.75, 3.05) is 0 Å². The van der Waals surface area contributed by atoms with Gasteiger partial charge in [-0.3, -0.25) is 4.79 Å². The molecular formula is C18H16N2O2. The van der Waals surface area contributed by atoms with Crippen LogP contribution < -0.4 is 5.56 Å². The molecule has 1 aromatic heterocycles. The lowest BCUT2D eigenvalue weighted by Crippen LogP contribution is -2.09. The van der Waals surface area contributed by atoms with Gasteiger partial charge in [-0.25, -0.2) is 4.98 Å². The number of nitrogens with one attached hydrogen (secondary N) is 1. The first-order valence-electron chi connectivity index (χ1n) is 7.02. The van der Waals surface area contributed by atoms with Crippen molar-refractivity contribution in [2.24, 2.45) is 0 Å². The molecule has 110 valence electrons. The number of aryl methyl sites for hydroxylation is 2. The summed E-state index contributed by atoms with van der Waals surface area (Å²) in [4.78, 5) is 19.3. The molecule has 3 rings (SSSR count). The highest BCUT2D eigenvalue weighted by atomic mass is 16.3. The monoisotopic (exact) mass is 292 g/mol. The van der Waals surface area contributed by atoms with Gasteiger partial charge in [0, 0.05) is 17.2 Å². The van der Waals surface area contributed by atoms with Gasteiger partial charge < -0.3 is 10.1 Å². The maximum absolute atomic E-state index is 12.0. The molecule has 2 aromatic carbocycles. The van der Waals surface area contributed by atoms with E-state index >= 15 is 0 Å². The molecule has 0 amide bonds. The Morgan fingerprint density at radius 2 is 1.77 bits per heavy atom. The first-order valence-corrected chi connectivity index (χ1v) is 7.02. The predicted octanol–water partition coefficient (Wildman–Crippen LogP) is 3.43. The van der Waals surface area contributed by atoms with E-state index in [0.29, 0.717) is 11.5 Å². The average molecular weight is 292 g/mol. The summed E-state index contributed by atoms with van der Waals surface area (Å²) in [5, 5.41) is 9.63. The van der Waals surface area contributed by atoms with Crippen molar-refractivity contribution >= 4 is 0 Å². The fourth-order valence-electron chi connectivity index (χ4n) is 2.39. The van der Waals surface area contributed by atoms with Crippen molar-refractivity contribution in [3.8, 4) is 28.4 Å². The molecule has 2 N–H and O–H groups in total. The van der Waals surface area contributed by atoms with Crippen LogP contribution in [0.4, 0.5) is 0 Å². The van der Waals surface area contributed by atoms with Gasteiger partial charge >= 0.3 is 0 Å². The summed E-state index contributed by atoms with van der Waals surface area (Å²) in [7, 11) is 0. The normalized spacial score (nSPS) is 10.6. The van der Waals surface area contributed by atoms with E-state index in [1.54, 1.807) is 12.1 Å². The van der Waals surface area contributed by atoms with Gasteiger partial charge in [0.25, 0.3) is 5.56 Å². The van der Waals surface area contributed by atoms with Gasteiger partial charge in [0.15, 0.2) is 0 Å². The third-order valence-corrected chi connectivity index (χ3v) is 3.63. The number of hydrogen-bond donors (Lipinski definition) is 2. The summed E-state index contributed by atoms with van der Waals surface area (Å²) in [6.45, 7) is 3.79. The van der Waals surface area contributed by atoms with E-state index in [2.05, 4.69) is 9.97 Å². The SMILES string of the molecule is Cc1cc(-c2cc(=O)[nH]c(-c3ccccc3C)n2)ccc1O. The number of nitrogens with zero attached hydrogens (tertiary/aromatic N) is 1. The van der Waals surface area contributed by atoms with Crippen LogP contribution in [0.3, 0.4) is 0 Å². The molecule has 4 nitrogen and oxygen atoms in total. The van der Waals surface area contributed by atoms with Crippen molar-refractivity contribution in [3.05, 3.63) is 70.0 Å². The summed E-state index contributed by atoms with van der Waals surface area (Å²) >= 11 is 0. The van der Waals surface area contributed by atoms with Gasteiger partial charge in [0.2, 0.25) is 0 Å². The van der Waals surface area contributed by atoms with E-state index in [1.165, 1.54) is 6.07 Å². The summed E-state index contributed by atoms with van der Waals surface area (Å²) < 4.78 is 0. The number of benzene rings is 2. The van der Waals surface area contributed by atoms with Crippen LogP contribution in [0.25, 0.3) is 22.6 Å². The van der Waals surface area contributed by atoms with E-state index in [9.17, 15) is 9.90 Å². The first kappa shape index (κ1) is 14.1. The zero-order valence-electron chi connectivity index (χ0n) is 12.4. The van der Waals surface area contributed by atoms with E-state index in [1.807, 2.05) is 44.2 Å². The van der Waals surface area contributed by atoms with Crippen LogP contribution in [-0.2, 0) is 0 Å². The summed E-state index contributed by atoms with van der Waals surface area (Å²) in [6, 6.07) is 14.4. The fraction of sp³-hybridized carbons (Fsp3) is 0.111. The molecule has 0 unspecified atom stereocenters. The average Bonchev–Trinajstić information content (AvgIpc) is 2.50. The molecule has 0 aliphatic rings. The Morgan fingerprint density at radius 1 is 1.00 bits per heavy atom. The van der Waals surface area contributed by atoms with E-state index in [4.69, 9.17) is 0 Å². The summed E-state index contributed by atoms with van der Waals surface area (Å²) in [5.74, 6) is 0.777. The van der Waals surface area contributed by atoms with Crippen molar-refractivity contribution < 1.29 is 5.11 Å². The Labute approximate surface area is 128 Å². The van der Waals surface area contributed by atoms with Gasteiger partial charge in [-0.2, -0.15) is 0 Å². The van der Waals surface area contributed by atoms with Gasteiger partial charge in [-0.1, -0.05) is 24.3 Å². The zero-order valence-corrected chi connectivity index (χ0v) is 12.4. The lowest BCUT2D eigenvalue weighted by molar-refractivity contribution is 0.471. The minimum Gasteiger partial charge on any atom is -0.508 e. The number of hydrogen-bond acceptors (Lipinski definition) is 3. The van der Waals surface area contributed by atoms with E-state index in [0.717, 1.165) is 22.3 Å². The quantitative estimate of drug-likeness (QED) is 0.760. The number of aromatic hydroxyl groups is 1. The van der Waals surface area contributed by atoms with Crippen LogP contribution in [0.15, 0.2) is 53.3 Å². The number of aromatic amines is 1. The number of rotatable bonds is 2. The Kier molecular flexibility index (Phi) is 3.51. The van der Waals surface area contributed by atoms with Crippen LogP contribution in [0.1, 0.15) is 11.1 Å². The zero-order chi connectivity index (χ0) is 15.7. The maximum atomic E-state index is 12.0. The smallest absolute Gasteiger partial charge is 0.251 e. The highest BCUT2D eigenvalue weighted by molar-refractivity contribution is 5.66. The second-order valence-corrected chi connectivity index (χ2v) is 5.30. The Hall–Kier alpha value is -2.88. The number of H-pyrrole nitrogens is 1. The molecule has 4 heteroatoms. The number of aromatic nitrogens is 2. The van der Waals surface area contributed by atoms with Crippen molar-refractivity contribution in [1.82, 2.24) is 9.97 Å². The second-order valence-electron chi connectivity index (χ2n) is 5.30. The molecule has 0 aliphatic carbocycles. The number of phenols is 1. The molecule has 22 heavy (non-hydrogen) atoms. The molecule has 1 heterocycles. The minimum absolute atomic E-state index is 0.200. The Morgan fingerprint density at radius 3 is 2.50 bits per heavy atom. The van der Waals surface area contributed by atoms with Crippen molar-refractivity contribution in [1.29, 1.82) is 0 Å². The number of phenolic OH excluding ortho intramolecular Hbond substituents is 1. The molecule has 0 radical (unpaired) electrons. The van der Waals surface area contributed by atoms with Crippen molar-refractivity contribution in [2.45, 2.75) is 13.8 Å². The molecule has 3 aromatic rings. The first-order chi connectivity index (χ1) is 10.5. The Balaban J connectivity index is 2.17. The molecule has 0 bridgehead atoms. The van der Waals surface area contributed by atoms with Gasteiger partial charge in [-0.05, 0) is 43.2 Å². The molecule has 0 saturated carbocycles. The topological polar surface area (TPSA) is 66.0 Å². The molecule has 0 aliphatic heterocycles. The molecule has 0 spiro atoms. The maximum Gasteiger partial charge on any atom is 0.251 e. The van der Waals surface area contributed by atoms with Crippen LogP contribution in [0.5, 0.6) is 5.75 Å². The molecule has 0 saturated heterocycles. The van der Waals surface area contributed by atoms with Crippen LogP contribution in [-0.4, -0.2) is 15.1 Å². The molecule has 0 atom stereocenters. The van der Waals surface area contributed by atoms with Crippen LogP contribution in [0.2, 0.25) is 0 Å². The third-order valence-electron chi connectivity index (χ3n) is 3.63. The molecular weight excluding hydrogens is 276 g/mol. The predicted molar refractivity (Wildman–Crippen MR) is 86.9 cm³/mol.